The van der Waals surface area contributed by atoms with Gasteiger partial charge >= 0.3 is 0 Å². The number of aliphatic hydroxyl groups is 1. The highest BCUT2D eigenvalue weighted by Crippen LogP contribution is 2.24. The monoisotopic (exact) mass is 296 g/mol. The lowest BCUT2D eigenvalue weighted by molar-refractivity contribution is 0.282. The van der Waals surface area contributed by atoms with Crippen molar-refractivity contribution in [3.63, 3.8) is 0 Å². The Morgan fingerprint density at radius 1 is 1.05 bits per heavy atom. The van der Waals surface area contributed by atoms with Crippen molar-refractivity contribution >= 4 is 11.4 Å². The number of hydrogen-bond acceptors (Lipinski definition) is 3. The van der Waals surface area contributed by atoms with Gasteiger partial charge in [-0.05, 0) is 79.1 Å². The van der Waals surface area contributed by atoms with E-state index in [4.69, 9.17) is 16.2 Å². The minimum Gasteiger partial charge on any atom is -0.399 e. The average Bonchev–Trinajstić information content (AvgIpc) is 2.51. The maximum atomic E-state index is 8.59. The second kappa shape index (κ2) is 7.23. The van der Waals surface area contributed by atoms with Gasteiger partial charge in [-0.2, -0.15) is 0 Å². The van der Waals surface area contributed by atoms with Crippen LogP contribution in [0.3, 0.4) is 0 Å². The Morgan fingerprint density at radius 3 is 2.32 bits per heavy atom. The fourth-order valence-electron chi connectivity index (χ4n) is 2.58. The van der Waals surface area contributed by atoms with Gasteiger partial charge in [0.05, 0.1) is 6.61 Å². The zero-order valence-corrected chi connectivity index (χ0v) is 13.3. The summed E-state index contributed by atoms with van der Waals surface area (Å²) < 4.78 is 0. The molecule has 22 heavy (non-hydrogen) atoms. The van der Waals surface area contributed by atoms with E-state index in [-0.39, 0.29) is 6.61 Å². The molecule has 0 radical (unpaired) electrons. The first kappa shape index (κ1) is 16.2. The van der Waals surface area contributed by atoms with Gasteiger partial charge in [0, 0.05) is 11.4 Å². The van der Waals surface area contributed by atoms with Crippen molar-refractivity contribution < 1.29 is 5.11 Å². The summed E-state index contributed by atoms with van der Waals surface area (Å²) in [4.78, 5) is 0. The van der Waals surface area contributed by atoms with Crippen LogP contribution >= 0.6 is 0 Å². The molecule has 3 rings (SSSR count). The van der Waals surface area contributed by atoms with Crippen LogP contribution in [0.5, 0.6) is 0 Å². The predicted molar refractivity (Wildman–Crippen MR) is 92.5 cm³/mol. The largest absolute Gasteiger partial charge is 0.399 e. The summed E-state index contributed by atoms with van der Waals surface area (Å²) in [6.07, 6.45) is 3.25. The highest BCUT2D eigenvalue weighted by molar-refractivity contribution is 6.00. The van der Waals surface area contributed by atoms with Crippen molar-refractivity contribution in [2.75, 3.05) is 5.73 Å². The van der Waals surface area contributed by atoms with Crippen LogP contribution in [0.4, 0.5) is 5.69 Å². The molecule has 0 unspecified atom stereocenters. The third kappa shape index (κ3) is 3.95. The van der Waals surface area contributed by atoms with E-state index < -0.39 is 0 Å². The number of aliphatic hydroxyl groups excluding tert-OH is 1. The molecule has 0 fully saturated rings. The van der Waals surface area contributed by atoms with Gasteiger partial charge in [-0.25, -0.2) is 0 Å². The fraction of sp³-hybridized carbons (Fsp3) is 0.316. The van der Waals surface area contributed by atoms with Crippen molar-refractivity contribution in [1.82, 2.24) is 0 Å². The number of hydrogen-bond donors (Lipinski definition) is 3. The molecule has 0 aromatic heterocycles. The zero-order valence-electron chi connectivity index (χ0n) is 13.3. The molecule has 1 aliphatic rings. The molecule has 0 saturated carbocycles. The van der Waals surface area contributed by atoms with Crippen LogP contribution in [-0.2, 0) is 13.0 Å². The summed E-state index contributed by atoms with van der Waals surface area (Å²) in [6, 6.07) is 11.6. The molecule has 4 N–H and O–H groups in total. The molecule has 0 amide bonds. The molecule has 116 valence electrons. The van der Waals surface area contributed by atoms with E-state index in [1.165, 1.54) is 22.3 Å². The standard InChI is InChI=1S/C12H15N.C7H9NO/c1-8-6-10-4-3-5-12(13)11(10)7-9(8)2;8-7-3-1-6(5-9)2-4-7/h6-7,13H,3-5H2,1-2H3;1-4,9H,5,8H2. The van der Waals surface area contributed by atoms with Gasteiger partial charge < -0.3 is 16.2 Å². The van der Waals surface area contributed by atoms with Crippen molar-refractivity contribution in [2.24, 2.45) is 0 Å². The minimum absolute atomic E-state index is 0.0836. The maximum Gasteiger partial charge on any atom is 0.0681 e. The van der Waals surface area contributed by atoms with Gasteiger partial charge in [0.25, 0.3) is 0 Å². The van der Waals surface area contributed by atoms with Gasteiger partial charge in [-0.1, -0.05) is 18.2 Å². The number of nitrogens with two attached hydrogens (primary N) is 1. The molecule has 3 nitrogen and oxygen atoms in total. The molecular formula is C19H24N2O. The van der Waals surface area contributed by atoms with Crippen LogP contribution < -0.4 is 5.73 Å². The molecule has 2 aromatic rings. The normalized spacial score (nSPS) is 13.1. The van der Waals surface area contributed by atoms with Crippen LogP contribution in [0.2, 0.25) is 0 Å². The fourth-order valence-corrected chi connectivity index (χ4v) is 2.58. The van der Waals surface area contributed by atoms with E-state index in [0.29, 0.717) is 0 Å². The lowest BCUT2D eigenvalue weighted by Gasteiger charge is -2.18. The molecule has 0 spiro atoms. The molecule has 0 saturated heterocycles. The molecule has 2 aromatic carbocycles. The SMILES string of the molecule is Cc1cc2c(cc1C)C(=N)CCC2.Nc1ccc(CO)cc1. The van der Waals surface area contributed by atoms with Crippen molar-refractivity contribution in [1.29, 1.82) is 5.41 Å². The van der Waals surface area contributed by atoms with Crippen LogP contribution in [-0.4, -0.2) is 10.8 Å². The Kier molecular flexibility index (Phi) is 5.34. The average molecular weight is 296 g/mol. The van der Waals surface area contributed by atoms with E-state index in [2.05, 4.69) is 26.0 Å². The van der Waals surface area contributed by atoms with Crippen molar-refractivity contribution in [2.45, 2.75) is 39.7 Å². The van der Waals surface area contributed by atoms with E-state index in [1.54, 1.807) is 24.3 Å². The number of fused-ring (bicyclic) bond motifs is 1. The summed E-state index contributed by atoms with van der Waals surface area (Å²) in [5, 5.41) is 16.4. The molecule has 0 atom stereocenters. The summed E-state index contributed by atoms with van der Waals surface area (Å²) in [6.45, 7) is 4.35. The first-order chi connectivity index (χ1) is 10.5. The predicted octanol–water partition coefficient (Wildman–Crippen LogP) is 3.77. The summed E-state index contributed by atoms with van der Waals surface area (Å²) in [5.74, 6) is 0. The Labute approximate surface area is 132 Å². The molecule has 0 bridgehead atoms. The highest BCUT2D eigenvalue weighted by atomic mass is 16.3. The molecule has 3 heteroatoms. The number of nitrogens with one attached hydrogen (secondary N) is 1. The first-order valence-corrected chi connectivity index (χ1v) is 7.64. The second-order valence-electron chi connectivity index (χ2n) is 5.83. The summed E-state index contributed by atoms with van der Waals surface area (Å²) in [5.41, 5.74) is 13.1. The number of aryl methyl sites for hydroxylation is 3. The lowest BCUT2D eigenvalue weighted by atomic mass is 9.87. The van der Waals surface area contributed by atoms with E-state index >= 15 is 0 Å². The quantitative estimate of drug-likeness (QED) is 0.701. The third-order valence-electron chi connectivity index (χ3n) is 4.08. The number of rotatable bonds is 1. The zero-order chi connectivity index (χ0) is 16.1. The number of nitrogen functional groups attached to an aromatic ring is 1. The molecule has 0 aliphatic heterocycles. The van der Waals surface area contributed by atoms with Crippen LogP contribution in [0.25, 0.3) is 0 Å². The van der Waals surface area contributed by atoms with Gasteiger partial charge in [-0.3, -0.25) is 0 Å². The van der Waals surface area contributed by atoms with Crippen LogP contribution in [0, 0.1) is 19.3 Å². The number of anilines is 1. The third-order valence-corrected chi connectivity index (χ3v) is 4.08. The van der Waals surface area contributed by atoms with Gasteiger partial charge in [0.2, 0.25) is 0 Å². The Morgan fingerprint density at radius 2 is 1.68 bits per heavy atom. The lowest BCUT2D eigenvalue weighted by Crippen LogP contribution is -2.11. The molecular weight excluding hydrogens is 272 g/mol. The van der Waals surface area contributed by atoms with E-state index in [0.717, 1.165) is 36.2 Å². The van der Waals surface area contributed by atoms with Crippen LogP contribution in [0.1, 0.15) is 40.7 Å². The van der Waals surface area contributed by atoms with Crippen LogP contribution in [0.15, 0.2) is 36.4 Å². The molecule has 0 heterocycles. The smallest absolute Gasteiger partial charge is 0.0681 e. The minimum atomic E-state index is 0.0836. The first-order valence-electron chi connectivity index (χ1n) is 7.64. The second-order valence-corrected chi connectivity index (χ2v) is 5.83. The highest BCUT2D eigenvalue weighted by Gasteiger charge is 2.14. The Hall–Kier alpha value is -2.13. The number of benzene rings is 2. The summed E-state index contributed by atoms with van der Waals surface area (Å²) >= 11 is 0. The van der Waals surface area contributed by atoms with Gasteiger partial charge in [-0.15, -0.1) is 0 Å². The Balaban J connectivity index is 0.000000172. The maximum absolute atomic E-state index is 8.59. The molecule has 1 aliphatic carbocycles. The van der Waals surface area contributed by atoms with Gasteiger partial charge in [0.15, 0.2) is 0 Å². The van der Waals surface area contributed by atoms with Gasteiger partial charge in [0.1, 0.15) is 0 Å². The van der Waals surface area contributed by atoms with E-state index in [1.807, 2.05) is 0 Å². The summed E-state index contributed by atoms with van der Waals surface area (Å²) in [7, 11) is 0. The topological polar surface area (TPSA) is 70.1 Å². The van der Waals surface area contributed by atoms with E-state index in [9.17, 15) is 0 Å². The Bertz CT molecular complexity index is 660. The van der Waals surface area contributed by atoms with Crippen molar-refractivity contribution in [3.05, 3.63) is 64.2 Å². The van der Waals surface area contributed by atoms with Crippen molar-refractivity contribution in [3.8, 4) is 0 Å².